The van der Waals surface area contributed by atoms with Crippen LogP contribution in [0.1, 0.15) is 13.8 Å². The number of halogens is 1. The predicted octanol–water partition coefficient (Wildman–Crippen LogP) is 1.43. The van der Waals surface area contributed by atoms with Gasteiger partial charge in [-0.25, -0.2) is 4.79 Å². The first-order valence-electron chi connectivity index (χ1n) is 2.57. The van der Waals surface area contributed by atoms with Crippen molar-refractivity contribution in [2.45, 2.75) is 18.1 Å². The quantitative estimate of drug-likeness (QED) is 0.384. The number of hydrogen-bond acceptors (Lipinski definition) is 3. The minimum Gasteiger partial charge on any atom is -0.464 e. The summed E-state index contributed by atoms with van der Waals surface area (Å²) in [5, 5.41) is 0. The Bertz CT molecular complexity index is 108. The van der Waals surface area contributed by atoms with E-state index in [1.165, 1.54) is 6.92 Å². The van der Waals surface area contributed by atoms with E-state index < -0.39 is 10.2 Å². The molecule has 0 spiro atoms. The van der Waals surface area contributed by atoms with Gasteiger partial charge in [0, 0.05) is 0 Å². The van der Waals surface area contributed by atoms with Crippen molar-refractivity contribution in [3.63, 3.8) is 0 Å². The highest BCUT2D eigenvalue weighted by atomic mass is 35.5. The third-order valence-corrected chi connectivity index (χ3v) is 0.985. The van der Waals surface area contributed by atoms with Crippen LogP contribution in [-0.4, -0.2) is 16.8 Å². The summed E-state index contributed by atoms with van der Waals surface area (Å²) in [5.41, 5.74) is 0. The van der Waals surface area contributed by atoms with Crippen LogP contribution in [-0.2, 0) is 9.53 Å². The van der Waals surface area contributed by atoms with Crippen LogP contribution in [0.5, 0.6) is 0 Å². The molecule has 0 N–H and O–H groups in total. The van der Waals surface area contributed by atoms with Gasteiger partial charge in [0.15, 0.2) is 4.21 Å². The van der Waals surface area contributed by atoms with Crippen molar-refractivity contribution in [3.05, 3.63) is 0 Å². The standard InChI is InChI=1S/C5H9ClO2S/c1-3-8-4(7)5(2,6)9/h9H,3H2,1-2H3. The summed E-state index contributed by atoms with van der Waals surface area (Å²) in [5.74, 6) is -0.505. The highest BCUT2D eigenvalue weighted by Gasteiger charge is 2.26. The molecule has 9 heavy (non-hydrogen) atoms. The number of hydrogen-bond donors (Lipinski definition) is 1. The fraction of sp³-hybridized carbons (Fsp3) is 0.800. The van der Waals surface area contributed by atoms with Crippen LogP contribution in [0, 0.1) is 0 Å². The topological polar surface area (TPSA) is 26.3 Å². The van der Waals surface area contributed by atoms with Gasteiger partial charge in [0.05, 0.1) is 6.61 Å². The summed E-state index contributed by atoms with van der Waals surface area (Å²) in [6, 6.07) is 0. The van der Waals surface area contributed by atoms with E-state index >= 15 is 0 Å². The van der Waals surface area contributed by atoms with E-state index in [1.54, 1.807) is 6.92 Å². The smallest absolute Gasteiger partial charge is 0.337 e. The highest BCUT2D eigenvalue weighted by molar-refractivity contribution is 7.84. The van der Waals surface area contributed by atoms with Crippen LogP contribution in [0.3, 0.4) is 0 Å². The van der Waals surface area contributed by atoms with Gasteiger partial charge in [-0.15, -0.1) is 12.6 Å². The Morgan fingerprint density at radius 1 is 1.89 bits per heavy atom. The van der Waals surface area contributed by atoms with E-state index in [9.17, 15) is 4.79 Å². The molecule has 0 fully saturated rings. The second kappa shape index (κ2) is 3.32. The number of alkyl halides is 1. The monoisotopic (exact) mass is 168 g/mol. The van der Waals surface area contributed by atoms with Gasteiger partial charge in [-0.2, -0.15) is 0 Å². The minimum absolute atomic E-state index is 0.335. The van der Waals surface area contributed by atoms with Gasteiger partial charge < -0.3 is 4.74 Å². The maximum absolute atomic E-state index is 10.6. The number of rotatable bonds is 2. The molecule has 1 unspecified atom stereocenters. The molecule has 0 saturated carbocycles. The maximum atomic E-state index is 10.6. The average molecular weight is 169 g/mol. The Kier molecular flexibility index (Phi) is 3.36. The van der Waals surface area contributed by atoms with Crippen molar-refractivity contribution in [2.75, 3.05) is 6.61 Å². The van der Waals surface area contributed by atoms with Gasteiger partial charge in [0.25, 0.3) is 0 Å². The fourth-order valence-corrected chi connectivity index (χ4v) is 0.382. The molecule has 0 aromatic rings. The molecule has 0 amide bonds. The Morgan fingerprint density at radius 2 is 2.33 bits per heavy atom. The van der Waals surface area contributed by atoms with E-state index in [0.29, 0.717) is 6.61 Å². The molecule has 0 aromatic heterocycles. The van der Waals surface area contributed by atoms with Gasteiger partial charge in [-0.1, -0.05) is 11.6 Å². The lowest BCUT2D eigenvalue weighted by atomic mass is 10.5. The third-order valence-electron chi connectivity index (χ3n) is 0.648. The van der Waals surface area contributed by atoms with Crippen LogP contribution in [0.25, 0.3) is 0 Å². The lowest BCUT2D eigenvalue weighted by Crippen LogP contribution is -2.24. The first kappa shape index (κ1) is 9.11. The van der Waals surface area contributed by atoms with E-state index in [2.05, 4.69) is 17.4 Å². The molecule has 0 aromatic carbocycles. The predicted molar refractivity (Wildman–Crippen MR) is 39.9 cm³/mol. The Morgan fingerprint density at radius 3 is 2.44 bits per heavy atom. The van der Waals surface area contributed by atoms with Crippen molar-refractivity contribution < 1.29 is 9.53 Å². The molecule has 0 saturated heterocycles. The largest absolute Gasteiger partial charge is 0.464 e. The molecular formula is C5H9ClO2S. The molecule has 0 bridgehead atoms. The molecule has 0 aliphatic heterocycles. The molecule has 4 heteroatoms. The number of carbonyl (C=O) groups is 1. The summed E-state index contributed by atoms with van der Waals surface area (Å²) in [7, 11) is 0. The third kappa shape index (κ3) is 3.65. The van der Waals surface area contributed by atoms with E-state index in [0.717, 1.165) is 0 Å². The summed E-state index contributed by atoms with van der Waals surface area (Å²) in [6.07, 6.45) is 0. The zero-order chi connectivity index (χ0) is 7.49. The zero-order valence-electron chi connectivity index (χ0n) is 5.35. The van der Waals surface area contributed by atoms with Gasteiger partial charge in [-0.3, -0.25) is 0 Å². The SMILES string of the molecule is CCOC(=O)C(C)(S)Cl. The first-order chi connectivity index (χ1) is 3.98. The fourth-order valence-electron chi connectivity index (χ4n) is 0.263. The molecule has 0 aliphatic rings. The number of esters is 1. The second-order valence-electron chi connectivity index (χ2n) is 1.67. The average Bonchev–Trinajstić information content (AvgIpc) is 1.64. The number of ether oxygens (including phenoxy) is 1. The van der Waals surface area contributed by atoms with Crippen molar-refractivity contribution in [2.24, 2.45) is 0 Å². The summed E-state index contributed by atoms with van der Waals surface area (Å²) < 4.78 is 3.37. The van der Waals surface area contributed by atoms with Crippen molar-refractivity contribution in [3.8, 4) is 0 Å². The van der Waals surface area contributed by atoms with E-state index in [4.69, 9.17) is 11.6 Å². The Balaban J connectivity index is 3.74. The van der Waals surface area contributed by atoms with Gasteiger partial charge in [-0.05, 0) is 13.8 Å². The van der Waals surface area contributed by atoms with Crippen LogP contribution in [0.15, 0.2) is 0 Å². The van der Waals surface area contributed by atoms with Crippen LogP contribution < -0.4 is 0 Å². The molecule has 0 radical (unpaired) electrons. The van der Waals surface area contributed by atoms with E-state index in [1.807, 2.05) is 0 Å². The maximum Gasteiger partial charge on any atom is 0.337 e. The van der Waals surface area contributed by atoms with Gasteiger partial charge in [0.2, 0.25) is 0 Å². The second-order valence-corrected chi connectivity index (χ2v) is 3.59. The van der Waals surface area contributed by atoms with Crippen LogP contribution in [0.2, 0.25) is 0 Å². The lowest BCUT2D eigenvalue weighted by molar-refractivity contribution is -0.143. The van der Waals surface area contributed by atoms with Crippen LogP contribution >= 0.6 is 24.2 Å². The van der Waals surface area contributed by atoms with Crippen molar-refractivity contribution >= 4 is 30.2 Å². The highest BCUT2D eigenvalue weighted by Crippen LogP contribution is 2.20. The number of carbonyl (C=O) groups excluding carboxylic acids is 1. The van der Waals surface area contributed by atoms with Crippen LogP contribution in [0.4, 0.5) is 0 Å². The summed E-state index contributed by atoms with van der Waals surface area (Å²) in [6.45, 7) is 3.52. The normalized spacial score (nSPS) is 16.4. The molecule has 0 aliphatic carbocycles. The zero-order valence-corrected chi connectivity index (χ0v) is 7.00. The summed E-state index contributed by atoms with van der Waals surface area (Å²) >= 11 is 9.23. The molecule has 1 atom stereocenters. The summed E-state index contributed by atoms with van der Waals surface area (Å²) in [4.78, 5) is 10.6. The molecule has 0 rings (SSSR count). The van der Waals surface area contributed by atoms with Crippen molar-refractivity contribution in [1.82, 2.24) is 0 Å². The molecular weight excluding hydrogens is 160 g/mol. The van der Waals surface area contributed by atoms with Crippen molar-refractivity contribution in [1.29, 1.82) is 0 Å². The first-order valence-corrected chi connectivity index (χ1v) is 3.39. The Hall–Kier alpha value is 0.110. The van der Waals surface area contributed by atoms with E-state index in [-0.39, 0.29) is 0 Å². The van der Waals surface area contributed by atoms with Gasteiger partial charge in [0.1, 0.15) is 0 Å². The molecule has 0 heterocycles. The number of thiol groups is 1. The lowest BCUT2D eigenvalue weighted by Gasteiger charge is -2.11. The molecule has 54 valence electrons. The van der Waals surface area contributed by atoms with Gasteiger partial charge >= 0.3 is 5.97 Å². The Labute approximate surface area is 64.9 Å². The minimum atomic E-state index is -1.18. The molecule has 2 nitrogen and oxygen atoms in total.